The van der Waals surface area contributed by atoms with E-state index >= 15 is 0 Å². The van der Waals surface area contributed by atoms with E-state index in [2.05, 4.69) is 4.74 Å². The molecule has 1 aromatic carbocycles. The Morgan fingerprint density at radius 3 is 2.62 bits per heavy atom. The highest BCUT2D eigenvalue weighted by atomic mass is 32.2. The van der Waals surface area contributed by atoms with E-state index < -0.39 is 21.8 Å². The third kappa shape index (κ3) is 3.59. The van der Waals surface area contributed by atoms with Gasteiger partial charge in [-0.3, -0.25) is 4.79 Å². The van der Waals surface area contributed by atoms with Crippen LogP contribution in [0.5, 0.6) is 0 Å². The minimum Gasteiger partial charge on any atom is -0.468 e. The van der Waals surface area contributed by atoms with Crippen molar-refractivity contribution in [3.05, 3.63) is 30.1 Å². The summed E-state index contributed by atoms with van der Waals surface area (Å²) in [6.07, 6.45) is 3.24. The van der Waals surface area contributed by atoms with Crippen molar-refractivity contribution in [2.45, 2.75) is 36.6 Å². The number of carbonyl (C=O) groups excluding carboxylic acids is 1. The summed E-state index contributed by atoms with van der Waals surface area (Å²) < 4.78 is 44.4. The zero-order valence-electron chi connectivity index (χ0n) is 11.8. The van der Waals surface area contributed by atoms with Gasteiger partial charge in [-0.25, -0.2) is 12.8 Å². The Balaban J connectivity index is 2.36. The summed E-state index contributed by atoms with van der Waals surface area (Å²) in [6, 6.07) is 4.58. The minimum absolute atomic E-state index is 0.140. The van der Waals surface area contributed by atoms with Gasteiger partial charge in [-0.2, -0.15) is 4.31 Å². The third-order valence-corrected chi connectivity index (χ3v) is 5.54. The van der Waals surface area contributed by atoms with Gasteiger partial charge in [0.25, 0.3) is 0 Å². The summed E-state index contributed by atoms with van der Waals surface area (Å²) in [4.78, 5) is 11.4. The maximum Gasteiger partial charge on any atom is 0.321 e. The molecule has 21 heavy (non-hydrogen) atoms. The molecule has 0 aliphatic heterocycles. The molecule has 0 heterocycles. The van der Waals surface area contributed by atoms with Crippen molar-refractivity contribution in [2.75, 3.05) is 13.7 Å². The van der Waals surface area contributed by atoms with Gasteiger partial charge in [0.15, 0.2) is 0 Å². The highest BCUT2D eigenvalue weighted by molar-refractivity contribution is 7.89. The van der Waals surface area contributed by atoms with Crippen molar-refractivity contribution in [3.8, 4) is 0 Å². The van der Waals surface area contributed by atoms with E-state index in [4.69, 9.17) is 0 Å². The molecule has 1 saturated carbocycles. The first-order chi connectivity index (χ1) is 9.95. The zero-order chi connectivity index (χ0) is 15.5. The van der Waals surface area contributed by atoms with Crippen LogP contribution in [-0.2, 0) is 19.6 Å². The number of rotatable bonds is 5. The molecule has 0 N–H and O–H groups in total. The molecule has 0 unspecified atom stereocenters. The van der Waals surface area contributed by atoms with E-state index in [0.29, 0.717) is 12.8 Å². The summed E-state index contributed by atoms with van der Waals surface area (Å²) in [6.45, 7) is -0.347. The van der Waals surface area contributed by atoms with Gasteiger partial charge in [-0.15, -0.1) is 0 Å². The van der Waals surface area contributed by atoms with Gasteiger partial charge in [0.05, 0.1) is 12.0 Å². The Morgan fingerprint density at radius 2 is 2.05 bits per heavy atom. The number of benzene rings is 1. The van der Waals surface area contributed by atoms with E-state index in [1.807, 2.05) is 0 Å². The number of methoxy groups -OCH3 is 1. The van der Waals surface area contributed by atoms with E-state index in [1.165, 1.54) is 25.3 Å². The monoisotopic (exact) mass is 315 g/mol. The van der Waals surface area contributed by atoms with E-state index in [9.17, 15) is 17.6 Å². The van der Waals surface area contributed by atoms with Crippen molar-refractivity contribution < 1.29 is 22.3 Å². The van der Waals surface area contributed by atoms with Crippen LogP contribution in [0.2, 0.25) is 0 Å². The number of halogens is 1. The summed E-state index contributed by atoms with van der Waals surface area (Å²) in [5.41, 5.74) is 0. The first kappa shape index (κ1) is 15.9. The number of hydrogen-bond acceptors (Lipinski definition) is 4. The Labute approximate surface area is 123 Å². The van der Waals surface area contributed by atoms with Crippen LogP contribution in [0.25, 0.3) is 0 Å². The second-order valence-corrected chi connectivity index (χ2v) is 6.91. The molecule has 0 spiro atoms. The topological polar surface area (TPSA) is 63.7 Å². The summed E-state index contributed by atoms with van der Waals surface area (Å²) in [5.74, 6) is -1.25. The molecule has 0 amide bonds. The fraction of sp³-hybridized carbons (Fsp3) is 0.500. The molecule has 0 saturated heterocycles. The molecule has 1 aromatic rings. The highest BCUT2D eigenvalue weighted by Crippen LogP contribution is 2.28. The van der Waals surface area contributed by atoms with Crippen LogP contribution in [0.4, 0.5) is 4.39 Å². The van der Waals surface area contributed by atoms with Gasteiger partial charge in [0, 0.05) is 6.04 Å². The molecule has 5 nitrogen and oxygen atoms in total. The fourth-order valence-corrected chi connectivity index (χ4v) is 4.22. The maximum absolute atomic E-state index is 13.3. The maximum atomic E-state index is 13.3. The lowest BCUT2D eigenvalue weighted by molar-refractivity contribution is -0.141. The van der Waals surface area contributed by atoms with Gasteiger partial charge in [-0.05, 0) is 31.0 Å². The number of ether oxygens (including phenoxy) is 1. The molecule has 1 aliphatic carbocycles. The quantitative estimate of drug-likeness (QED) is 0.779. The number of sulfonamides is 1. The van der Waals surface area contributed by atoms with Crippen LogP contribution < -0.4 is 0 Å². The third-order valence-electron chi connectivity index (χ3n) is 3.65. The predicted molar refractivity (Wildman–Crippen MR) is 74.6 cm³/mol. The molecule has 1 fully saturated rings. The lowest BCUT2D eigenvalue weighted by atomic mass is 10.2. The van der Waals surface area contributed by atoms with E-state index in [0.717, 1.165) is 23.2 Å². The lowest BCUT2D eigenvalue weighted by Crippen LogP contribution is -2.42. The first-order valence-corrected chi connectivity index (χ1v) is 8.23. The summed E-state index contributed by atoms with van der Waals surface area (Å²) in [5, 5.41) is 0. The average molecular weight is 315 g/mol. The van der Waals surface area contributed by atoms with E-state index in [1.54, 1.807) is 0 Å². The second-order valence-electron chi connectivity index (χ2n) is 5.02. The fourth-order valence-electron chi connectivity index (χ4n) is 2.56. The molecular weight excluding hydrogens is 297 g/mol. The average Bonchev–Trinajstić information content (AvgIpc) is 2.98. The lowest BCUT2D eigenvalue weighted by Gasteiger charge is -2.27. The van der Waals surface area contributed by atoms with E-state index in [-0.39, 0.29) is 17.5 Å². The van der Waals surface area contributed by atoms with Crippen molar-refractivity contribution in [1.29, 1.82) is 0 Å². The molecule has 0 aromatic heterocycles. The van der Waals surface area contributed by atoms with Crippen molar-refractivity contribution >= 4 is 16.0 Å². The zero-order valence-corrected chi connectivity index (χ0v) is 12.6. The minimum atomic E-state index is -3.92. The van der Waals surface area contributed by atoms with Crippen LogP contribution in [-0.4, -0.2) is 38.4 Å². The summed E-state index contributed by atoms with van der Waals surface area (Å²) >= 11 is 0. The Hall–Kier alpha value is -1.47. The van der Waals surface area contributed by atoms with Crippen LogP contribution in [0.15, 0.2) is 29.2 Å². The number of esters is 1. The number of carbonyl (C=O) groups is 1. The van der Waals surface area contributed by atoms with Gasteiger partial charge in [0.2, 0.25) is 10.0 Å². The Morgan fingerprint density at radius 1 is 1.38 bits per heavy atom. The molecule has 7 heteroatoms. The second kappa shape index (κ2) is 6.53. The Bertz CT molecular complexity index is 611. The summed E-state index contributed by atoms with van der Waals surface area (Å²) in [7, 11) is -2.71. The first-order valence-electron chi connectivity index (χ1n) is 6.79. The molecule has 0 radical (unpaired) electrons. The normalized spacial score (nSPS) is 16.3. The molecule has 0 atom stereocenters. The number of hydrogen-bond donors (Lipinski definition) is 0. The van der Waals surface area contributed by atoms with Gasteiger partial charge >= 0.3 is 5.97 Å². The highest BCUT2D eigenvalue weighted by Gasteiger charge is 2.35. The van der Waals surface area contributed by atoms with Crippen LogP contribution in [0.1, 0.15) is 25.7 Å². The van der Waals surface area contributed by atoms with Gasteiger partial charge in [0.1, 0.15) is 12.4 Å². The van der Waals surface area contributed by atoms with Crippen LogP contribution >= 0.6 is 0 Å². The molecule has 116 valence electrons. The van der Waals surface area contributed by atoms with Gasteiger partial charge < -0.3 is 4.74 Å². The molecular formula is C14H18FNO4S. The van der Waals surface area contributed by atoms with Gasteiger partial charge in [-0.1, -0.05) is 18.9 Å². The van der Waals surface area contributed by atoms with Crippen molar-refractivity contribution in [2.24, 2.45) is 0 Å². The van der Waals surface area contributed by atoms with Crippen molar-refractivity contribution in [3.63, 3.8) is 0 Å². The molecule has 1 aliphatic rings. The molecule has 2 rings (SSSR count). The smallest absolute Gasteiger partial charge is 0.321 e. The molecule has 0 bridgehead atoms. The number of nitrogens with zero attached hydrogens (tertiary/aromatic N) is 1. The predicted octanol–water partition coefficient (Wildman–Crippen LogP) is 1.93. The Kier molecular flexibility index (Phi) is 4.95. The SMILES string of the molecule is COC(=O)CN(C1CCCC1)S(=O)(=O)c1cccc(F)c1. The standard InChI is InChI=1S/C14H18FNO4S/c1-20-14(17)10-16(12-6-2-3-7-12)21(18,19)13-8-4-5-11(15)9-13/h4-5,8-9,12H,2-3,6-7,10H2,1H3. The van der Waals surface area contributed by atoms with Crippen molar-refractivity contribution in [1.82, 2.24) is 4.31 Å². The largest absolute Gasteiger partial charge is 0.468 e. The van der Waals surface area contributed by atoms with Crippen LogP contribution in [0, 0.1) is 5.82 Å². The van der Waals surface area contributed by atoms with Crippen LogP contribution in [0.3, 0.4) is 0 Å².